The van der Waals surface area contributed by atoms with E-state index in [1.54, 1.807) is 23.9 Å². The Bertz CT molecular complexity index is 602. The summed E-state index contributed by atoms with van der Waals surface area (Å²) in [6.45, 7) is 4.12. The van der Waals surface area contributed by atoms with E-state index in [-0.39, 0.29) is 5.56 Å². The quantitative estimate of drug-likeness (QED) is 0.878. The summed E-state index contributed by atoms with van der Waals surface area (Å²) in [7, 11) is 0. The lowest BCUT2D eigenvalue weighted by atomic mass is 10.2. The van der Waals surface area contributed by atoms with E-state index in [1.807, 2.05) is 0 Å². The number of carbonyl (C=O) groups is 1. The molecule has 2 aromatic rings. The standard InChI is InChI=1S/C14H14FN3OS/c1-9(2)20-13-7-6-12(17-18-13)16-14(19)10-4-3-5-11(15)8-10/h3-9H,1-2H3,(H,16,17,19). The van der Waals surface area contributed by atoms with E-state index >= 15 is 0 Å². The van der Waals surface area contributed by atoms with Crippen molar-refractivity contribution in [2.75, 3.05) is 5.32 Å². The molecule has 2 rings (SSSR count). The molecule has 104 valence electrons. The molecule has 0 atom stereocenters. The molecule has 1 amide bonds. The molecule has 0 fully saturated rings. The van der Waals surface area contributed by atoms with Crippen molar-refractivity contribution < 1.29 is 9.18 Å². The third-order valence-electron chi connectivity index (χ3n) is 2.32. The Morgan fingerprint density at radius 2 is 2.05 bits per heavy atom. The van der Waals surface area contributed by atoms with Crippen molar-refractivity contribution in [3.8, 4) is 0 Å². The molecule has 0 aliphatic carbocycles. The van der Waals surface area contributed by atoms with Gasteiger partial charge in [-0.2, -0.15) is 0 Å². The lowest BCUT2D eigenvalue weighted by Gasteiger charge is -2.06. The van der Waals surface area contributed by atoms with Gasteiger partial charge in [-0.25, -0.2) is 4.39 Å². The van der Waals surface area contributed by atoms with Crippen molar-refractivity contribution in [3.05, 3.63) is 47.8 Å². The number of hydrogen-bond donors (Lipinski definition) is 1. The van der Waals surface area contributed by atoms with Crippen LogP contribution in [0.3, 0.4) is 0 Å². The minimum Gasteiger partial charge on any atom is -0.305 e. The average molecular weight is 291 g/mol. The fourth-order valence-corrected chi connectivity index (χ4v) is 2.23. The summed E-state index contributed by atoms with van der Waals surface area (Å²) in [5.41, 5.74) is 0.243. The van der Waals surface area contributed by atoms with Crippen molar-refractivity contribution in [3.63, 3.8) is 0 Å². The van der Waals surface area contributed by atoms with E-state index in [2.05, 4.69) is 29.4 Å². The lowest BCUT2D eigenvalue weighted by molar-refractivity contribution is 0.102. The van der Waals surface area contributed by atoms with Crippen molar-refractivity contribution >= 4 is 23.5 Å². The summed E-state index contributed by atoms with van der Waals surface area (Å²) in [5, 5.41) is 11.7. The van der Waals surface area contributed by atoms with E-state index in [0.717, 1.165) is 5.03 Å². The van der Waals surface area contributed by atoms with Crippen LogP contribution in [-0.2, 0) is 0 Å². The second-order valence-corrected chi connectivity index (χ2v) is 5.98. The molecule has 0 aliphatic heterocycles. The average Bonchev–Trinajstić information content (AvgIpc) is 2.40. The van der Waals surface area contributed by atoms with Gasteiger partial charge >= 0.3 is 0 Å². The molecule has 0 unspecified atom stereocenters. The van der Waals surface area contributed by atoms with Gasteiger partial charge in [0.25, 0.3) is 5.91 Å². The van der Waals surface area contributed by atoms with Gasteiger partial charge in [-0.3, -0.25) is 4.79 Å². The Labute approximate surface area is 120 Å². The number of rotatable bonds is 4. The monoisotopic (exact) mass is 291 g/mol. The summed E-state index contributed by atoms with van der Waals surface area (Å²) < 4.78 is 13.0. The Hall–Kier alpha value is -1.95. The first-order valence-corrected chi connectivity index (χ1v) is 7.00. The smallest absolute Gasteiger partial charge is 0.256 e. The van der Waals surface area contributed by atoms with Crippen LogP contribution in [-0.4, -0.2) is 21.4 Å². The van der Waals surface area contributed by atoms with Crippen LogP contribution in [0.25, 0.3) is 0 Å². The normalized spacial score (nSPS) is 10.6. The van der Waals surface area contributed by atoms with Crippen molar-refractivity contribution in [1.82, 2.24) is 10.2 Å². The zero-order valence-electron chi connectivity index (χ0n) is 11.1. The zero-order valence-corrected chi connectivity index (χ0v) is 11.9. The van der Waals surface area contributed by atoms with Gasteiger partial charge in [0.2, 0.25) is 0 Å². The molecule has 0 saturated carbocycles. The highest BCUT2D eigenvalue weighted by Gasteiger charge is 2.08. The largest absolute Gasteiger partial charge is 0.305 e. The van der Waals surface area contributed by atoms with Crippen LogP contribution in [0.5, 0.6) is 0 Å². The fraction of sp³-hybridized carbons (Fsp3) is 0.214. The fourth-order valence-electron chi connectivity index (χ4n) is 1.51. The summed E-state index contributed by atoms with van der Waals surface area (Å²) >= 11 is 1.59. The highest BCUT2D eigenvalue weighted by molar-refractivity contribution is 7.99. The van der Waals surface area contributed by atoms with Crippen LogP contribution in [0, 0.1) is 5.82 Å². The van der Waals surface area contributed by atoms with Crippen LogP contribution >= 0.6 is 11.8 Å². The number of benzene rings is 1. The van der Waals surface area contributed by atoms with E-state index in [4.69, 9.17) is 0 Å². The number of nitrogens with zero attached hydrogens (tertiary/aromatic N) is 2. The van der Waals surface area contributed by atoms with Gasteiger partial charge in [-0.05, 0) is 30.3 Å². The number of hydrogen-bond acceptors (Lipinski definition) is 4. The minimum absolute atomic E-state index is 0.243. The third-order valence-corrected chi connectivity index (χ3v) is 3.26. The van der Waals surface area contributed by atoms with Gasteiger partial charge < -0.3 is 5.32 Å². The maximum Gasteiger partial charge on any atom is 0.256 e. The van der Waals surface area contributed by atoms with Gasteiger partial charge in [0.1, 0.15) is 10.8 Å². The molecule has 0 aliphatic rings. The van der Waals surface area contributed by atoms with Crippen molar-refractivity contribution in [1.29, 1.82) is 0 Å². The maximum atomic E-state index is 13.0. The number of thioether (sulfide) groups is 1. The van der Waals surface area contributed by atoms with E-state index in [9.17, 15) is 9.18 Å². The van der Waals surface area contributed by atoms with Crippen molar-refractivity contribution in [2.24, 2.45) is 0 Å². The van der Waals surface area contributed by atoms with Gasteiger partial charge in [-0.1, -0.05) is 19.9 Å². The predicted octanol–water partition coefficient (Wildman–Crippen LogP) is 3.37. The van der Waals surface area contributed by atoms with Crippen LogP contribution in [0.1, 0.15) is 24.2 Å². The Morgan fingerprint density at radius 3 is 2.65 bits per heavy atom. The van der Waals surface area contributed by atoms with Gasteiger partial charge in [0.15, 0.2) is 5.82 Å². The molecule has 1 N–H and O–H groups in total. The van der Waals surface area contributed by atoms with Crippen LogP contribution in [0.2, 0.25) is 0 Å². The molecule has 6 heteroatoms. The van der Waals surface area contributed by atoms with Crippen LogP contribution < -0.4 is 5.32 Å². The summed E-state index contributed by atoms with van der Waals surface area (Å²) in [5.74, 6) is -0.525. The molecule has 1 aromatic heterocycles. The first-order valence-electron chi connectivity index (χ1n) is 6.12. The maximum absolute atomic E-state index is 13.0. The molecule has 4 nitrogen and oxygen atoms in total. The number of halogens is 1. The van der Waals surface area contributed by atoms with Crippen LogP contribution in [0.4, 0.5) is 10.2 Å². The zero-order chi connectivity index (χ0) is 14.5. The molecule has 1 aromatic carbocycles. The number of carbonyl (C=O) groups excluding carboxylic acids is 1. The first kappa shape index (κ1) is 14.5. The third kappa shape index (κ3) is 4.03. The van der Waals surface area contributed by atoms with Crippen molar-refractivity contribution in [2.45, 2.75) is 24.1 Å². The number of aromatic nitrogens is 2. The molecule has 0 radical (unpaired) electrons. The molecular formula is C14H14FN3OS. The Kier molecular flexibility index (Phi) is 4.68. The highest BCUT2D eigenvalue weighted by atomic mass is 32.2. The summed E-state index contributed by atoms with van der Waals surface area (Å²) in [6.07, 6.45) is 0. The Balaban J connectivity index is 2.04. The number of amides is 1. The Morgan fingerprint density at radius 1 is 1.25 bits per heavy atom. The summed E-state index contributed by atoms with van der Waals surface area (Å²) in [6, 6.07) is 8.95. The summed E-state index contributed by atoms with van der Waals surface area (Å²) in [4.78, 5) is 11.9. The topological polar surface area (TPSA) is 54.9 Å². The molecule has 0 saturated heterocycles. The second kappa shape index (κ2) is 6.47. The van der Waals surface area contributed by atoms with Gasteiger partial charge in [-0.15, -0.1) is 22.0 Å². The molecule has 1 heterocycles. The van der Waals surface area contributed by atoms with E-state index < -0.39 is 11.7 Å². The SMILES string of the molecule is CC(C)Sc1ccc(NC(=O)c2cccc(F)c2)nn1. The highest BCUT2D eigenvalue weighted by Crippen LogP contribution is 2.20. The van der Waals surface area contributed by atoms with E-state index in [0.29, 0.717) is 11.1 Å². The minimum atomic E-state index is -0.451. The molecular weight excluding hydrogens is 277 g/mol. The molecule has 0 spiro atoms. The number of nitrogens with one attached hydrogen (secondary N) is 1. The first-order chi connectivity index (χ1) is 9.54. The number of anilines is 1. The van der Waals surface area contributed by atoms with Gasteiger partial charge in [0.05, 0.1) is 0 Å². The van der Waals surface area contributed by atoms with Gasteiger partial charge in [0, 0.05) is 10.8 Å². The molecule has 0 bridgehead atoms. The van der Waals surface area contributed by atoms with Crippen LogP contribution in [0.15, 0.2) is 41.4 Å². The lowest BCUT2D eigenvalue weighted by Crippen LogP contribution is -2.13. The molecule has 20 heavy (non-hydrogen) atoms. The van der Waals surface area contributed by atoms with E-state index in [1.165, 1.54) is 24.3 Å². The predicted molar refractivity (Wildman–Crippen MR) is 77.4 cm³/mol. The second-order valence-electron chi connectivity index (χ2n) is 4.39.